The molecule has 31 heavy (non-hydrogen) atoms. The number of hydrogen-bond acceptors (Lipinski definition) is 6. The van der Waals surface area contributed by atoms with Crippen LogP contribution in [-0.4, -0.2) is 41.4 Å². The van der Waals surface area contributed by atoms with E-state index in [0.717, 1.165) is 11.1 Å². The molecule has 0 saturated heterocycles. The average molecular weight is 441 g/mol. The summed E-state index contributed by atoms with van der Waals surface area (Å²) in [6, 6.07) is 14.1. The van der Waals surface area contributed by atoms with Gasteiger partial charge in [0.2, 0.25) is 15.9 Å². The number of sulfonamides is 1. The number of ether oxygens (including phenoxy) is 1. The van der Waals surface area contributed by atoms with Gasteiger partial charge < -0.3 is 4.74 Å². The van der Waals surface area contributed by atoms with Crippen molar-refractivity contribution >= 4 is 15.7 Å². The van der Waals surface area contributed by atoms with Crippen molar-refractivity contribution in [2.45, 2.75) is 18.7 Å². The van der Waals surface area contributed by atoms with Crippen molar-refractivity contribution in [2.24, 2.45) is 0 Å². The molecule has 2 aromatic heterocycles. The molecule has 10 heteroatoms. The maximum absolute atomic E-state index is 13.2. The lowest BCUT2D eigenvalue weighted by Crippen LogP contribution is -2.28. The molecule has 4 aromatic rings. The minimum atomic E-state index is -3.63. The first-order valence-electron chi connectivity index (χ1n) is 9.52. The van der Waals surface area contributed by atoms with Crippen LogP contribution in [0.1, 0.15) is 11.1 Å². The Hall–Kier alpha value is -3.37. The van der Waals surface area contributed by atoms with E-state index in [9.17, 15) is 12.8 Å². The Labute approximate surface area is 178 Å². The molecular weight excluding hydrogens is 421 g/mol. The van der Waals surface area contributed by atoms with Crippen LogP contribution in [0.4, 0.5) is 4.39 Å². The van der Waals surface area contributed by atoms with Crippen LogP contribution in [0.5, 0.6) is 5.88 Å². The molecule has 0 aliphatic carbocycles. The number of rotatable bonds is 7. The van der Waals surface area contributed by atoms with Gasteiger partial charge >= 0.3 is 0 Å². The van der Waals surface area contributed by atoms with Gasteiger partial charge in [-0.3, -0.25) is 0 Å². The van der Waals surface area contributed by atoms with Crippen molar-refractivity contribution in [3.63, 3.8) is 0 Å². The number of aryl methyl sites for hydroxylation is 2. The lowest BCUT2D eigenvalue weighted by Gasteiger charge is -2.10. The van der Waals surface area contributed by atoms with Gasteiger partial charge in [0, 0.05) is 18.2 Å². The van der Waals surface area contributed by atoms with E-state index in [2.05, 4.69) is 20.0 Å². The molecule has 0 aliphatic rings. The van der Waals surface area contributed by atoms with Crippen molar-refractivity contribution in [3.05, 3.63) is 71.5 Å². The van der Waals surface area contributed by atoms with Crippen LogP contribution in [0, 0.1) is 19.7 Å². The summed E-state index contributed by atoms with van der Waals surface area (Å²) in [5.41, 5.74) is 3.09. The molecule has 0 spiro atoms. The molecule has 0 atom stereocenters. The SMILES string of the molecule is Cc1ccc(S(=O)(=O)NCCOc2ccc3nnc(-c4ccc(F)cc4)n3n2)cc1C. The molecule has 8 nitrogen and oxygen atoms in total. The first-order valence-corrected chi connectivity index (χ1v) is 11.0. The Balaban J connectivity index is 1.43. The van der Waals surface area contributed by atoms with E-state index < -0.39 is 10.0 Å². The quantitative estimate of drug-likeness (QED) is 0.443. The van der Waals surface area contributed by atoms with Crippen LogP contribution in [0.25, 0.3) is 17.0 Å². The topological polar surface area (TPSA) is 98.5 Å². The Kier molecular flexibility index (Phi) is 5.66. The molecular formula is C21H20FN5O3S. The minimum absolute atomic E-state index is 0.0714. The Bertz CT molecular complexity index is 1340. The maximum Gasteiger partial charge on any atom is 0.240 e. The maximum atomic E-state index is 13.2. The number of nitrogens with zero attached hydrogens (tertiary/aromatic N) is 4. The van der Waals surface area contributed by atoms with Gasteiger partial charge in [0.25, 0.3) is 0 Å². The van der Waals surface area contributed by atoms with Crippen LogP contribution in [0.15, 0.2) is 59.5 Å². The van der Waals surface area contributed by atoms with Gasteiger partial charge in [-0.25, -0.2) is 17.5 Å². The summed E-state index contributed by atoms with van der Waals surface area (Å²) >= 11 is 0. The number of benzene rings is 2. The third kappa shape index (κ3) is 4.54. The molecule has 0 bridgehead atoms. The van der Waals surface area contributed by atoms with Crippen LogP contribution >= 0.6 is 0 Å². The zero-order valence-corrected chi connectivity index (χ0v) is 17.7. The second-order valence-electron chi connectivity index (χ2n) is 6.96. The highest BCUT2D eigenvalue weighted by molar-refractivity contribution is 7.89. The van der Waals surface area contributed by atoms with Crippen LogP contribution < -0.4 is 9.46 Å². The molecule has 1 N–H and O–H groups in total. The van der Waals surface area contributed by atoms with E-state index in [-0.39, 0.29) is 29.7 Å². The molecule has 160 valence electrons. The zero-order valence-electron chi connectivity index (χ0n) is 16.9. The van der Waals surface area contributed by atoms with Crippen molar-refractivity contribution in [2.75, 3.05) is 13.2 Å². The predicted octanol–water partition coefficient (Wildman–Crippen LogP) is 2.90. The molecule has 0 fully saturated rings. The highest BCUT2D eigenvalue weighted by Gasteiger charge is 2.15. The van der Waals surface area contributed by atoms with E-state index in [1.54, 1.807) is 42.5 Å². The van der Waals surface area contributed by atoms with Gasteiger partial charge in [-0.2, -0.15) is 4.52 Å². The lowest BCUT2D eigenvalue weighted by molar-refractivity contribution is 0.306. The van der Waals surface area contributed by atoms with Crippen LogP contribution in [0.2, 0.25) is 0 Å². The summed E-state index contributed by atoms with van der Waals surface area (Å²) in [7, 11) is -3.63. The second kappa shape index (κ2) is 8.40. The first kappa shape index (κ1) is 20.9. The van der Waals surface area contributed by atoms with Gasteiger partial charge in [-0.05, 0) is 67.4 Å². The highest BCUT2D eigenvalue weighted by Crippen LogP contribution is 2.19. The lowest BCUT2D eigenvalue weighted by atomic mass is 10.1. The van der Waals surface area contributed by atoms with Gasteiger partial charge in [0.1, 0.15) is 12.4 Å². The number of fused-ring (bicyclic) bond motifs is 1. The molecule has 2 aromatic carbocycles. The van der Waals surface area contributed by atoms with E-state index >= 15 is 0 Å². The molecule has 0 amide bonds. The largest absolute Gasteiger partial charge is 0.475 e. The fraction of sp³-hybridized carbons (Fsp3) is 0.190. The molecule has 2 heterocycles. The van der Waals surface area contributed by atoms with Gasteiger partial charge in [0.15, 0.2) is 11.5 Å². The predicted molar refractivity (Wildman–Crippen MR) is 113 cm³/mol. The second-order valence-corrected chi connectivity index (χ2v) is 8.73. The van der Waals surface area contributed by atoms with Gasteiger partial charge in [-0.15, -0.1) is 15.3 Å². The third-order valence-corrected chi connectivity index (χ3v) is 6.23. The Morgan fingerprint density at radius 2 is 1.77 bits per heavy atom. The fourth-order valence-electron chi connectivity index (χ4n) is 2.92. The summed E-state index contributed by atoms with van der Waals surface area (Å²) < 4.78 is 47.7. The smallest absolute Gasteiger partial charge is 0.240 e. The molecule has 0 aliphatic heterocycles. The number of nitrogens with one attached hydrogen (secondary N) is 1. The molecule has 0 saturated carbocycles. The van der Waals surface area contributed by atoms with E-state index in [4.69, 9.17) is 4.74 Å². The first-order chi connectivity index (χ1) is 14.8. The average Bonchev–Trinajstić information content (AvgIpc) is 3.17. The summed E-state index contributed by atoms with van der Waals surface area (Å²) in [4.78, 5) is 0.212. The van der Waals surface area contributed by atoms with Crippen molar-refractivity contribution in [1.82, 2.24) is 24.5 Å². The highest BCUT2D eigenvalue weighted by atomic mass is 32.2. The van der Waals surface area contributed by atoms with Gasteiger partial charge in [0.05, 0.1) is 4.90 Å². The number of aromatic nitrogens is 4. The molecule has 0 unspecified atom stereocenters. The third-order valence-electron chi connectivity index (χ3n) is 4.77. The van der Waals surface area contributed by atoms with Crippen LogP contribution in [-0.2, 0) is 10.0 Å². The van der Waals surface area contributed by atoms with E-state index in [1.807, 2.05) is 13.8 Å². The monoisotopic (exact) mass is 441 g/mol. The summed E-state index contributed by atoms with van der Waals surface area (Å²) in [5, 5.41) is 12.5. The Morgan fingerprint density at radius 1 is 1.00 bits per heavy atom. The molecule has 0 radical (unpaired) electrons. The molecule has 4 rings (SSSR count). The van der Waals surface area contributed by atoms with Crippen molar-refractivity contribution < 1.29 is 17.5 Å². The summed E-state index contributed by atoms with van der Waals surface area (Å²) in [6.07, 6.45) is 0. The van der Waals surface area contributed by atoms with E-state index in [0.29, 0.717) is 17.0 Å². The van der Waals surface area contributed by atoms with E-state index in [1.165, 1.54) is 16.6 Å². The number of halogens is 1. The summed E-state index contributed by atoms with van der Waals surface area (Å²) in [6.45, 7) is 3.94. The normalized spacial score (nSPS) is 11.7. The Morgan fingerprint density at radius 3 is 2.52 bits per heavy atom. The van der Waals surface area contributed by atoms with Gasteiger partial charge in [-0.1, -0.05) is 6.07 Å². The standard InChI is InChI=1S/C21H20FN5O3S/c1-14-3-8-18(13-15(14)2)31(28,29)23-11-12-30-20-10-9-19-24-25-21(27(19)26-20)16-4-6-17(22)7-5-16/h3-10,13,23H,11-12H2,1-2H3. The zero-order chi connectivity index (χ0) is 22.0. The van der Waals surface area contributed by atoms with Crippen LogP contribution in [0.3, 0.4) is 0 Å². The van der Waals surface area contributed by atoms with Crippen molar-refractivity contribution in [1.29, 1.82) is 0 Å². The summed E-state index contributed by atoms with van der Waals surface area (Å²) in [5.74, 6) is 0.370. The van der Waals surface area contributed by atoms with Crippen molar-refractivity contribution in [3.8, 4) is 17.3 Å². The minimum Gasteiger partial charge on any atom is -0.475 e. The fourth-order valence-corrected chi connectivity index (χ4v) is 4.02. The number of hydrogen-bond donors (Lipinski definition) is 1.